The highest BCUT2D eigenvalue weighted by Gasteiger charge is 2.06. The molecule has 0 fully saturated rings. The Balaban J connectivity index is 0.00000312. The predicted octanol–water partition coefficient (Wildman–Crippen LogP) is 4.03. The van der Waals surface area contributed by atoms with Gasteiger partial charge in [0.05, 0.1) is 30.9 Å². The quantitative estimate of drug-likeness (QED) is 0.362. The Morgan fingerprint density at radius 1 is 1.24 bits per heavy atom. The molecule has 2 rings (SSSR count). The fourth-order valence-electron chi connectivity index (χ4n) is 2.25. The summed E-state index contributed by atoms with van der Waals surface area (Å²) < 4.78 is 5.73. The zero-order valence-corrected chi connectivity index (χ0v) is 18.4. The number of nitrogens with zero attached hydrogens (tertiary/aromatic N) is 2. The summed E-state index contributed by atoms with van der Waals surface area (Å²) in [5.74, 6) is 1.71. The van der Waals surface area contributed by atoms with Gasteiger partial charge >= 0.3 is 0 Å². The Kier molecular flexibility index (Phi) is 9.81. The highest BCUT2D eigenvalue weighted by molar-refractivity contribution is 14.0. The number of aryl methyl sites for hydroxylation is 2. The number of aromatic nitrogens is 1. The van der Waals surface area contributed by atoms with E-state index in [1.54, 1.807) is 11.3 Å². The van der Waals surface area contributed by atoms with Crippen LogP contribution in [-0.4, -0.2) is 24.1 Å². The summed E-state index contributed by atoms with van der Waals surface area (Å²) in [4.78, 5) is 10.2. The number of thiazole rings is 1. The van der Waals surface area contributed by atoms with E-state index in [0.717, 1.165) is 36.1 Å². The first-order valence-corrected chi connectivity index (χ1v) is 9.15. The third kappa shape index (κ3) is 6.81. The van der Waals surface area contributed by atoms with Gasteiger partial charge in [-0.15, -0.1) is 35.3 Å². The summed E-state index contributed by atoms with van der Waals surface area (Å²) in [5.41, 5.74) is 5.22. The van der Waals surface area contributed by atoms with Crippen molar-refractivity contribution in [1.29, 1.82) is 0 Å². The Morgan fingerprint density at radius 3 is 2.68 bits per heavy atom. The zero-order chi connectivity index (χ0) is 17.4. The number of benzene rings is 1. The van der Waals surface area contributed by atoms with Crippen LogP contribution in [0.3, 0.4) is 0 Å². The lowest BCUT2D eigenvalue weighted by Gasteiger charge is -2.13. The topological polar surface area (TPSA) is 58.5 Å². The maximum atomic E-state index is 5.73. The summed E-state index contributed by atoms with van der Waals surface area (Å²) in [6.07, 6.45) is 0. The van der Waals surface area contributed by atoms with Crippen LogP contribution in [-0.2, 0) is 13.1 Å². The van der Waals surface area contributed by atoms with Gasteiger partial charge < -0.3 is 15.4 Å². The zero-order valence-electron chi connectivity index (χ0n) is 15.3. The normalized spacial score (nSPS) is 11.0. The molecular formula is C18H27IN4OS. The van der Waals surface area contributed by atoms with Gasteiger partial charge in [-0.2, -0.15) is 0 Å². The molecule has 0 atom stereocenters. The molecule has 138 valence electrons. The van der Waals surface area contributed by atoms with Crippen molar-refractivity contribution in [3.8, 4) is 5.75 Å². The Hall–Kier alpha value is -1.35. The van der Waals surface area contributed by atoms with Crippen LogP contribution in [0.15, 0.2) is 28.7 Å². The molecule has 2 N–H and O–H groups in total. The second-order valence-corrected chi connectivity index (χ2v) is 6.39. The molecular weight excluding hydrogens is 447 g/mol. The van der Waals surface area contributed by atoms with Gasteiger partial charge in [-0.3, -0.25) is 0 Å². The lowest BCUT2D eigenvalue weighted by atomic mass is 10.1. The van der Waals surface area contributed by atoms with E-state index in [-0.39, 0.29) is 24.0 Å². The molecule has 0 aliphatic carbocycles. The Bertz CT molecular complexity index is 687. The Labute approximate surface area is 171 Å². The third-order valence-corrected chi connectivity index (χ3v) is 4.47. The van der Waals surface area contributed by atoms with E-state index in [9.17, 15) is 0 Å². The van der Waals surface area contributed by atoms with Crippen LogP contribution in [0.25, 0.3) is 0 Å². The van der Waals surface area contributed by atoms with E-state index in [1.165, 1.54) is 10.4 Å². The molecule has 0 amide bonds. The predicted molar refractivity (Wildman–Crippen MR) is 116 cm³/mol. The lowest BCUT2D eigenvalue weighted by molar-refractivity contribution is 0.336. The molecule has 0 saturated heterocycles. The van der Waals surface area contributed by atoms with Crippen LogP contribution in [0.1, 0.15) is 35.5 Å². The molecule has 1 aromatic heterocycles. The van der Waals surface area contributed by atoms with Crippen molar-refractivity contribution in [3.63, 3.8) is 0 Å². The summed E-state index contributed by atoms with van der Waals surface area (Å²) in [5, 5.41) is 6.65. The molecule has 0 radical (unpaired) electrons. The second-order valence-electron chi connectivity index (χ2n) is 5.45. The summed E-state index contributed by atoms with van der Waals surface area (Å²) in [7, 11) is 0. The van der Waals surface area contributed by atoms with Gasteiger partial charge in [0.1, 0.15) is 5.75 Å². The van der Waals surface area contributed by atoms with Crippen LogP contribution < -0.4 is 15.4 Å². The largest absolute Gasteiger partial charge is 0.494 e. The lowest BCUT2D eigenvalue weighted by Crippen LogP contribution is -2.36. The van der Waals surface area contributed by atoms with E-state index in [0.29, 0.717) is 13.2 Å². The number of ether oxygens (including phenoxy) is 1. The third-order valence-electron chi connectivity index (χ3n) is 3.54. The number of hydrogen-bond donors (Lipinski definition) is 2. The number of halogens is 1. The molecule has 7 heteroatoms. The first-order chi connectivity index (χ1) is 11.6. The van der Waals surface area contributed by atoms with Crippen molar-refractivity contribution in [2.75, 3.05) is 13.2 Å². The average molecular weight is 474 g/mol. The number of guanidine groups is 1. The van der Waals surface area contributed by atoms with Crippen LogP contribution in [0.2, 0.25) is 0 Å². The molecule has 0 unspecified atom stereocenters. The van der Waals surface area contributed by atoms with Gasteiger partial charge in [0.25, 0.3) is 0 Å². The maximum Gasteiger partial charge on any atom is 0.191 e. The van der Waals surface area contributed by atoms with Crippen molar-refractivity contribution in [1.82, 2.24) is 15.6 Å². The van der Waals surface area contributed by atoms with E-state index in [2.05, 4.69) is 52.7 Å². The minimum Gasteiger partial charge on any atom is -0.494 e. The molecule has 1 aromatic carbocycles. The van der Waals surface area contributed by atoms with Crippen molar-refractivity contribution in [3.05, 3.63) is 45.4 Å². The SMILES string of the molecule is CCNC(=NCc1ccc(C)cc1OCC)NCc1scnc1C.I. The highest BCUT2D eigenvalue weighted by atomic mass is 127. The first kappa shape index (κ1) is 21.7. The van der Waals surface area contributed by atoms with Crippen LogP contribution in [0.5, 0.6) is 5.75 Å². The molecule has 0 bridgehead atoms. The highest BCUT2D eigenvalue weighted by Crippen LogP contribution is 2.21. The smallest absolute Gasteiger partial charge is 0.191 e. The van der Waals surface area contributed by atoms with E-state index < -0.39 is 0 Å². The minimum absolute atomic E-state index is 0. The van der Waals surface area contributed by atoms with Gasteiger partial charge in [-0.25, -0.2) is 9.98 Å². The molecule has 1 heterocycles. The molecule has 0 saturated carbocycles. The van der Waals surface area contributed by atoms with E-state index in [1.807, 2.05) is 19.4 Å². The standard InChI is InChI=1S/C18H26N4OS.HI/c1-5-19-18(21-11-17-14(4)22-12-24-17)20-10-15-8-7-13(3)9-16(15)23-6-2;/h7-9,12H,5-6,10-11H2,1-4H3,(H2,19,20,21);1H. The average Bonchev–Trinajstić information content (AvgIpc) is 2.97. The number of rotatable bonds is 7. The van der Waals surface area contributed by atoms with E-state index in [4.69, 9.17) is 4.74 Å². The van der Waals surface area contributed by atoms with Gasteiger partial charge in [0, 0.05) is 17.0 Å². The summed E-state index contributed by atoms with van der Waals surface area (Å²) >= 11 is 1.66. The van der Waals surface area contributed by atoms with Crippen molar-refractivity contribution >= 4 is 41.3 Å². The fourth-order valence-corrected chi connectivity index (χ4v) is 2.96. The van der Waals surface area contributed by atoms with Crippen LogP contribution in [0.4, 0.5) is 0 Å². The number of nitrogens with one attached hydrogen (secondary N) is 2. The second kappa shape index (κ2) is 11.3. The molecule has 0 aliphatic heterocycles. The van der Waals surface area contributed by atoms with Gasteiger partial charge in [-0.1, -0.05) is 12.1 Å². The molecule has 0 aliphatic rings. The molecule has 5 nitrogen and oxygen atoms in total. The molecule has 25 heavy (non-hydrogen) atoms. The number of hydrogen-bond acceptors (Lipinski definition) is 4. The van der Waals surface area contributed by atoms with Gasteiger partial charge in [0.2, 0.25) is 0 Å². The molecule has 0 spiro atoms. The Morgan fingerprint density at radius 2 is 2.04 bits per heavy atom. The maximum absolute atomic E-state index is 5.73. The monoisotopic (exact) mass is 474 g/mol. The van der Waals surface area contributed by atoms with Crippen LogP contribution >= 0.6 is 35.3 Å². The number of aliphatic imine (C=N–C) groups is 1. The summed E-state index contributed by atoms with van der Waals surface area (Å²) in [6, 6.07) is 6.24. The van der Waals surface area contributed by atoms with Crippen molar-refractivity contribution in [2.45, 2.75) is 40.8 Å². The van der Waals surface area contributed by atoms with Crippen molar-refractivity contribution in [2.24, 2.45) is 4.99 Å². The van der Waals surface area contributed by atoms with Crippen molar-refractivity contribution < 1.29 is 4.74 Å². The first-order valence-electron chi connectivity index (χ1n) is 8.27. The minimum atomic E-state index is 0. The summed E-state index contributed by atoms with van der Waals surface area (Å²) in [6.45, 7) is 10.9. The molecule has 2 aromatic rings. The fraction of sp³-hybridized carbons (Fsp3) is 0.444. The van der Waals surface area contributed by atoms with Gasteiger partial charge in [-0.05, 0) is 39.3 Å². The van der Waals surface area contributed by atoms with Gasteiger partial charge in [0.15, 0.2) is 5.96 Å². The van der Waals surface area contributed by atoms with E-state index >= 15 is 0 Å². The van der Waals surface area contributed by atoms with Crippen LogP contribution in [0, 0.1) is 13.8 Å².